The van der Waals surface area contributed by atoms with Crippen molar-refractivity contribution in [3.05, 3.63) is 28.8 Å². The molecule has 0 aliphatic heterocycles. The zero-order valence-corrected chi connectivity index (χ0v) is 16.3. The van der Waals surface area contributed by atoms with Crippen molar-refractivity contribution in [2.24, 2.45) is 9.98 Å². The molecule has 2 heteroatoms. The van der Waals surface area contributed by atoms with Crippen molar-refractivity contribution in [3.8, 4) is 0 Å². The lowest BCUT2D eigenvalue weighted by Gasteiger charge is -2.13. The normalized spacial score (nSPS) is 10.5. The molecular weight excluding hydrogens is 292 g/mol. The van der Waals surface area contributed by atoms with E-state index in [4.69, 9.17) is 0 Å². The van der Waals surface area contributed by atoms with Crippen LogP contribution in [0.5, 0.6) is 0 Å². The fourth-order valence-electron chi connectivity index (χ4n) is 3.08. The maximum Gasteiger partial charge on any atom is 0.0949 e. The second-order valence-electron chi connectivity index (χ2n) is 6.67. The number of unbranched alkanes of at least 4 members (excludes halogenated alkanes) is 3. The molecule has 0 saturated carbocycles. The van der Waals surface area contributed by atoms with Crippen LogP contribution in [-0.4, -0.2) is 12.6 Å². The number of hydrogen-bond acceptors (Lipinski definition) is 2. The molecule has 0 spiro atoms. The molecule has 0 saturated heterocycles. The van der Waals surface area contributed by atoms with Crippen LogP contribution in [0.2, 0.25) is 0 Å². The summed E-state index contributed by atoms with van der Waals surface area (Å²) in [6.45, 7) is 9.81. The molecule has 0 N–H and O–H groups in total. The third kappa shape index (κ3) is 7.45. The van der Waals surface area contributed by atoms with Gasteiger partial charge in [-0.25, -0.2) is 4.99 Å². The van der Waals surface area contributed by atoms with Crippen LogP contribution in [0.25, 0.3) is 0 Å². The summed E-state index contributed by atoms with van der Waals surface area (Å²) >= 11 is 0. The van der Waals surface area contributed by atoms with Crippen molar-refractivity contribution in [3.63, 3.8) is 0 Å². The minimum absolute atomic E-state index is 0.851. The molecule has 0 aromatic heterocycles. The maximum atomic E-state index is 4.65. The summed E-state index contributed by atoms with van der Waals surface area (Å²) in [5.74, 6) is 0. The number of benzene rings is 1. The largest absolute Gasteiger partial charge is 0.225 e. The summed E-state index contributed by atoms with van der Waals surface area (Å²) in [5.41, 5.74) is 5.34. The number of rotatable bonds is 12. The Morgan fingerprint density at radius 2 is 1.38 bits per heavy atom. The quantitative estimate of drug-likeness (QED) is 0.293. The molecule has 0 bridgehead atoms. The Kier molecular flexibility index (Phi) is 11.1. The number of hydrogen-bond donors (Lipinski definition) is 0. The van der Waals surface area contributed by atoms with Crippen molar-refractivity contribution >= 4 is 11.7 Å². The summed E-state index contributed by atoms with van der Waals surface area (Å²) in [5, 5.41) is 0. The molecule has 134 valence electrons. The van der Waals surface area contributed by atoms with Crippen molar-refractivity contribution in [1.82, 2.24) is 0 Å². The van der Waals surface area contributed by atoms with E-state index >= 15 is 0 Å². The summed E-state index contributed by atoms with van der Waals surface area (Å²) in [6.07, 6.45) is 11.8. The van der Waals surface area contributed by atoms with Gasteiger partial charge in [-0.15, -0.1) is 0 Å². The van der Waals surface area contributed by atoms with E-state index in [1.807, 2.05) is 0 Å². The van der Waals surface area contributed by atoms with Crippen LogP contribution < -0.4 is 0 Å². The van der Waals surface area contributed by atoms with E-state index in [1.165, 1.54) is 42.4 Å². The highest BCUT2D eigenvalue weighted by Gasteiger charge is 2.09. The van der Waals surface area contributed by atoms with Crippen molar-refractivity contribution < 1.29 is 0 Å². The van der Waals surface area contributed by atoms with Gasteiger partial charge in [-0.2, -0.15) is 4.99 Å². The third-order valence-corrected chi connectivity index (χ3v) is 4.26. The predicted octanol–water partition coefficient (Wildman–Crippen LogP) is 6.93. The molecule has 0 amide bonds. The van der Waals surface area contributed by atoms with Gasteiger partial charge >= 0.3 is 0 Å². The summed E-state index contributed by atoms with van der Waals surface area (Å²) in [4.78, 5) is 9.03. The first-order valence-corrected chi connectivity index (χ1v) is 10.0. The fourth-order valence-corrected chi connectivity index (χ4v) is 3.08. The average Bonchev–Trinajstić information content (AvgIpc) is 2.57. The Labute approximate surface area is 149 Å². The minimum atomic E-state index is 0.851. The average molecular weight is 329 g/mol. The van der Waals surface area contributed by atoms with Gasteiger partial charge < -0.3 is 0 Å². The topological polar surface area (TPSA) is 24.7 Å². The second kappa shape index (κ2) is 13.0. The molecule has 0 atom stereocenters. The van der Waals surface area contributed by atoms with Gasteiger partial charge in [-0.1, -0.05) is 78.4 Å². The molecule has 0 radical (unpaired) electrons. The van der Waals surface area contributed by atoms with E-state index in [-0.39, 0.29) is 0 Å². The van der Waals surface area contributed by atoms with Gasteiger partial charge in [-0.05, 0) is 42.4 Å². The van der Waals surface area contributed by atoms with Crippen molar-refractivity contribution in [2.45, 2.75) is 91.9 Å². The third-order valence-electron chi connectivity index (χ3n) is 4.26. The zero-order chi connectivity index (χ0) is 17.6. The summed E-state index contributed by atoms with van der Waals surface area (Å²) in [7, 11) is 0. The van der Waals surface area contributed by atoms with Gasteiger partial charge in [0, 0.05) is 6.54 Å². The van der Waals surface area contributed by atoms with Crippen LogP contribution >= 0.6 is 0 Å². The number of nitrogens with zero attached hydrogens (tertiary/aromatic N) is 2. The highest BCUT2D eigenvalue weighted by molar-refractivity contribution is 5.61. The van der Waals surface area contributed by atoms with Crippen LogP contribution in [0.4, 0.5) is 5.69 Å². The Hall–Kier alpha value is -1.40. The Bertz CT molecular complexity index is 498. The molecule has 1 aromatic rings. The van der Waals surface area contributed by atoms with Crippen molar-refractivity contribution in [1.29, 1.82) is 0 Å². The lowest BCUT2D eigenvalue weighted by atomic mass is 9.95. The highest BCUT2D eigenvalue weighted by atomic mass is 14.8. The Morgan fingerprint density at radius 3 is 1.92 bits per heavy atom. The molecule has 1 rings (SSSR count). The molecule has 24 heavy (non-hydrogen) atoms. The van der Waals surface area contributed by atoms with Crippen LogP contribution in [0.1, 0.15) is 89.3 Å². The van der Waals surface area contributed by atoms with Gasteiger partial charge in [-0.3, -0.25) is 0 Å². The van der Waals surface area contributed by atoms with Crippen LogP contribution in [0, 0.1) is 0 Å². The summed E-state index contributed by atoms with van der Waals surface area (Å²) in [6, 6.07) is 7.69. The monoisotopic (exact) mass is 328 g/mol. The lowest BCUT2D eigenvalue weighted by molar-refractivity contribution is 0.676. The van der Waals surface area contributed by atoms with E-state index in [0.29, 0.717) is 0 Å². The zero-order valence-electron chi connectivity index (χ0n) is 16.3. The standard InChI is InChI=1S/C22H36N2/c1-5-9-10-11-15-23-18-24-22-20(13-7-3)16-19(12-6-2)17-21(22)14-8-4/h16-17H,5-15H2,1-4H3. The molecule has 0 heterocycles. The smallest absolute Gasteiger partial charge is 0.0949 e. The molecule has 1 aromatic carbocycles. The fraction of sp³-hybridized carbons (Fsp3) is 0.682. The molecular formula is C22H36N2. The van der Waals surface area contributed by atoms with Gasteiger partial charge in [0.25, 0.3) is 0 Å². The number of aryl methyl sites for hydroxylation is 3. The highest BCUT2D eigenvalue weighted by Crippen LogP contribution is 2.29. The van der Waals surface area contributed by atoms with Gasteiger partial charge in [0.15, 0.2) is 0 Å². The van der Waals surface area contributed by atoms with E-state index < -0.39 is 0 Å². The SMILES string of the molecule is CCCCCCN=C=Nc1c(CCC)cc(CCC)cc1CCC. The first kappa shape index (κ1) is 20.6. The van der Waals surface area contributed by atoms with E-state index in [2.05, 4.69) is 55.8 Å². The van der Waals surface area contributed by atoms with Crippen LogP contribution in [-0.2, 0) is 19.3 Å². The second-order valence-corrected chi connectivity index (χ2v) is 6.67. The Morgan fingerprint density at radius 1 is 0.750 bits per heavy atom. The van der Waals surface area contributed by atoms with Gasteiger partial charge in [0.1, 0.15) is 0 Å². The Balaban J connectivity index is 2.97. The van der Waals surface area contributed by atoms with E-state index in [1.54, 1.807) is 0 Å². The van der Waals surface area contributed by atoms with Crippen LogP contribution in [0.15, 0.2) is 22.1 Å². The molecule has 2 nitrogen and oxygen atoms in total. The molecule has 0 aliphatic rings. The predicted molar refractivity (Wildman–Crippen MR) is 107 cm³/mol. The lowest BCUT2D eigenvalue weighted by Crippen LogP contribution is -1.96. The first-order chi connectivity index (χ1) is 11.8. The number of aliphatic imine (C=N–C) groups is 2. The van der Waals surface area contributed by atoms with E-state index in [9.17, 15) is 0 Å². The van der Waals surface area contributed by atoms with E-state index in [0.717, 1.165) is 50.8 Å². The molecule has 0 unspecified atom stereocenters. The van der Waals surface area contributed by atoms with Gasteiger partial charge in [0.05, 0.1) is 11.7 Å². The molecule has 0 aliphatic carbocycles. The summed E-state index contributed by atoms with van der Waals surface area (Å²) < 4.78 is 0. The van der Waals surface area contributed by atoms with Crippen LogP contribution in [0.3, 0.4) is 0 Å². The maximum absolute atomic E-state index is 4.65. The first-order valence-electron chi connectivity index (χ1n) is 10.0. The molecule has 0 fully saturated rings. The van der Waals surface area contributed by atoms with Crippen molar-refractivity contribution in [2.75, 3.05) is 6.54 Å². The van der Waals surface area contributed by atoms with Gasteiger partial charge in [0.2, 0.25) is 0 Å². The minimum Gasteiger partial charge on any atom is -0.225 e.